The number of amides is 1. The van der Waals surface area contributed by atoms with Crippen molar-refractivity contribution in [2.75, 3.05) is 0 Å². The molecule has 130 valence electrons. The van der Waals surface area contributed by atoms with E-state index in [0.717, 1.165) is 42.4 Å². The molecule has 0 spiro atoms. The molecule has 23 heavy (non-hydrogen) atoms. The normalized spacial score (nSPS) is 55.6. The fourth-order valence-electron chi connectivity index (χ4n) is 8.04. The van der Waals surface area contributed by atoms with Crippen molar-refractivity contribution in [2.24, 2.45) is 40.4 Å². The average molecular weight is 318 g/mol. The van der Waals surface area contributed by atoms with E-state index in [1.807, 2.05) is 0 Å². The van der Waals surface area contributed by atoms with Crippen molar-refractivity contribution in [1.82, 2.24) is 5.32 Å². The average Bonchev–Trinajstić information content (AvgIpc) is 2.77. The van der Waals surface area contributed by atoms with E-state index in [9.17, 15) is 4.79 Å². The van der Waals surface area contributed by atoms with Gasteiger partial charge in [-0.3, -0.25) is 4.79 Å². The lowest BCUT2D eigenvalue weighted by molar-refractivity contribution is -0.136. The fourth-order valence-corrected chi connectivity index (χ4v) is 8.04. The summed E-state index contributed by atoms with van der Waals surface area (Å²) in [5.74, 6) is 4.85. The van der Waals surface area contributed by atoms with Gasteiger partial charge in [-0.15, -0.1) is 0 Å². The maximum Gasteiger partial charge on any atom is 0.220 e. The molecule has 4 fully saturated rings. The van der Waals surface area contributed by atoms with E-state index >= 15 is 0 Å². The molecule has 1 saturated heterocycles. The first-order chi connectivity index (χ1) is 10.9. The summed E-state index contributed by atoms with van der Waals surface area (Å²) in [6.45, 7) is 10.1. The number of hydrogen-bond donors (Lipinski definition) is 1. The Morgan fingerprint density at radius 1 is 1.09 bits per heavy atom. The van der Waals surface area contributed by atoms with Crippen LogP contribution in [0.2, 0.25) is 0 Å². The van der Waals surface area contributed by atoms with E-state index in [-0.39, 0.29) is 0 Å². The maximum absolute atomic E-state index is 11.9. The van der Waals surface area contributed by atoms with Crippen molar-refractivity contribution in [3.05, 3.63) is 0 Å². The van der Waals surface area contributed by atoms with E-state index in [0.29, 0.717) is 22.8 Å². The lowest BCUT2D eigenvalue weighted by Gasteiger charge is -2.60. The highest BCUT2D eigenvalue weighted by molar-refractivity contribution is 5.77. The van der Waals surface area contributed by atoms with Crippen molar-refractivity contribution >= 4 is 5.91 Å². The van der Waals surface area contributed by atoms with Crippen molar-refractivity contribution in [1.29, 1.82) is 0 Å². The van der Waals surface area contributed by atoms with Gasteiger partial charge >= 0.3 is 0 Å². The van der Waals surface area contributed by atoms with Gasteiger partial charge in [-0.25, -0.2) is 0 Å². The lowest BCUT2D eigenvalue weighted by Crippen LogP contribution is -2.61. The first-order valence-electron chi connectivity index (χ1n) is 10.2. The van der Waals surface area contributed by atoms with E-state index in [1.54, 1.807) is 0 Å². The number of hydrogen-bond acceptors (Lipinski definition) is 1. The minimum Gasteiger partial charge on any atom is -0.353 e. The minimum absolute atomic E-state index is 0.298. The second-order valence-electron chi connectivity index (χ2n) is 9.85. The predicted octanol–water partition coefficient (Wildman–Crippen LogP) is 4.78. The molecule has 3 saturated carbocycles. The molecule has 0 radical (unpaired) electrons. The molecule has 8 atom stereocenters. The Balaban J connectivity index is 1.63. The fraction of sp³-hybridized carbons (Fsp3) is 0.952. The van der Waals surface area contributed by atoms with Crippen LogP contribution in [0.15, 0.2) is 0 Å². The van der Waals surface area contributed by atoms with E-state index < -0.39 is 0 Å². The minimum atomic E-state index is 0.298. The molecule has 1 aliphatic heterocycles. The zero-order valence-electron chi connectivity index (χ0n) is 15.5. The van der Waals surface area contributed by atoms with Gasteiger partial charge in [-0.2, -0.15) is 0 Å². The highest BCUT2D eigenvalue weighted by Gasteiger charge is 2.61. The van der Waals surface area contributed by atoms with E-state index in [4.69, 9.17) is 0 Å². The molecule has 1 heterocycles. The number of fused-ring (bicyclic) bond motifs is 5. The Morgan fingerprint density at radius 2 is 1.87 bits per heavy atom. The molecule has 8 unspecified atom stereocenters. The summed E-state index contributed by atoms with van der Waals surface area (Å²) in [6.07, 6.45) is 10.1. The molecule has 0 aromatic heterocycles. The Kier molecular flexibility index (Phi) is 3.63. The van der Waals surface area contributed by atoms with Crippen LogP contribution in [0.5, 0.6) is 0 Å². The van der Waals surface area contributed by atoms with Gasteiger partial charge in [-0.1, -0.05) is 34.1 Å². The zero-order valence-corrected chi connectivity index (χ0v) is 15.5. The molecule has 3 aliphatic carbocycles. The molecule has 1 amide bonds. The molecule has 0 aromatic carbocycles. The Hall–Kier alpha value is -0.530. The van der Waals surface area contributed by atoms with E-state index in [2.05, 4.69) is 33.0 Å². The highest BCUT2D eigenvalue weighted by atomic mass is 16.1. The Morgan fingerprint density at radius 3 is 2.61 bits per heavy atom. The lowest BCUT2D eigenvalue weighted by atomic mass is 9.47. The third kappa shape index (κ3) is 2.09. The predicted molar refractivity (Wildman–Crippen MR) is 93.9 cm³/mol. The summed E-state index contributed by atoms with van der Waals surface area (Å²) in [5.41, 5.74) is 0.960. The van der Waals surface area contributed by atoms with Crippen molar-refractivity contribution in [2.45, 2.75) is 85.1 Å². The number of rotatable bonds is 1. The summed E-state index contributed by atoms with van der Waals surface area (Å²) in [4.78, 5) is 11.9. The third-order valence-corrected chi connectivity index (χ3v) is 9.13. The smallest absolute Gasteiger partial charge is 0.220 e. The van der Waals surface area contributed by atoms with Crippen LogP contribution in [0.25, 0.3) is 0 Å². The molecule has 0 bridgehead atoms. The summed E-state index contributed by atoms with van der Waals surface area (Å²) in [6, 6.07) is 0.454. The second-order valence-corrected chi connectivity index (χ2v) is 9.85. The van der Waals surface area contributed by atoms with Gasteiger partial charge in [0.15, 0.2) is 0 Å². The van der Waals surface area contributed by atoms with Crippen molar-refractivity contribution in [3.8, 4) is 0 Å². The van der Waals surface area contributed by atoms with Crippen LogP contribution in [0.3, 0.4) is 0 Å². The van der Waals surface area contributed by atoms with Gasteiger partial charge in [0.05, 0.1) is 0 Å². The van der Waals surface area contributed by atoms with Crippen LogP contribution in [0, 0.1) is 40.4 Å². The van der Waals surface area contributed by atoms with Crippen LogP contribution in [0.1, 0.15) is 79.1 Å². The van der Waals surface area contributed by atoms with Crippen LogP contribution in [0.4, 0.5) is 0 Å². The summed E-state index contributed by atoms with van der Waals surface area (Å²) < 4.78 is 0. The van der Waals surface area contributed by atoms with Crippen LogP contribution < -0.4 is 5.32 Å². The topological polar surface area (TPSA) is 29.1 Å². The zero-order chi connectivity index (χ0) is 16.4. The van der Waals surface area contributed by atoms with Crippen LogP contribution >= 0.6 is 0 Å². The van der Waals surface area contributed by atoms with Gasteiger partial charge in [0.25, 0.3) is 0 Å². The van der Waals surface area contributed by atoms with Gasteiger partial charge in [-0.05, 0) is 78.9 Å². The van der Waals surface area contributed by atoms with Gasteiger partial charge in [0.2, 0.25) is 5.91 Å². The molecule has 2 heteroatoms. The quantitative estimate of drug-likeness (QED) is 0.741. The maximum atomic E-state index is 11.9. The van der Waals surface area contributed by atoms with Crippen LogP contribution in [-0.4, -0.2) is 11.9 Å². The van der Waals surface area contributed by atoms with E-state index in [1.165, 1.54) is 38.5 Å². The summed E-state index contributed by atoms with van der Waals surface area (Å²) in [7, 11) is 0. The van der Waals surface area contributed by atoms with Gasteiger partial charge in [0.1, 0.15) is 0 Å². The molecule has 1 N–H and O–H groups in total. The Labute approximate surface area is 142 Å². The highest BCUT2D eigenvalue weighted by Crippen LogP contribution is 2.67. The van der Waals surface area contributed by atoms with Gasteiger partial charge in [0, 0.05) is 12.5 Å². The standard InChI is InChI=1S/C21H35NO/c1-5-15-13(2)12-17-14-6-7-18-21(4,11-9-19(23)22-18)16(14)8-10-20(15,17)3/h13-18H,5-12H2,1-4H3,(H,22,23). The number of carbonyl (C=O) groups excluding carboxylic acids is 1. The molecule has 2 nitrogen and oxygen atoms in total. The molecular formula is C21H35NO. The Bertz CT molecular complexity index is 502. The van der Waals surface area contributed by atoms with Gasteiger partial charge < -0.3 is 5.32 Å². The second kappa shape index (κ2) is 5.23. The van der Waals surface area contributed by atoms with Crippen molar-refractivity contribution < 1.29 is 4.79 Å². The molecular weight excluding hydrogens is 282 g/mol. The summed E-state index contributed by atoms with van der Waals surface area (Å²) >= 11 is 0. The third-order valence-electron chi connectivity index (χ3n) is 9.13. The monoisotopic (exact) mass is 317 g/mol. The molecule has 0 aromatic rings. The summed E-state index contributed by atoms with van der Waals surface area (Å²) in [5, 5.41) is 3.35. The number of nitrogens with one attached hydrogen (secondary N) is 1. The number of carbonyl (C=O) groups is 1. The first kappa shape index (κ1) is 16.0. The number of piperidine rings is 1. The largest absolute Gasteiger partial charge is 0.353 e. The molecule has 4 aliphatic rings. The van der Waals surface area contributed by atoms with Crippen molar-refractivity contribution in [3.63, 3.8) is 0 Å². The first-order valence-corrected chi connectivity index (χ1v) is 10.2. The van der Waals surface area contributed by atoms with Crippen LogP contribution in [-0.2, 0) is 4.79 Å². The molecule has 4 rings (SSSR count). The SMILES string of the molecule is CCC1C(C)CC2C3CCC4NC(=O)CCC4(C)C3CCC12C.